The summed E-state index contributed by atoms with van der Waals surface area (Å²) in [5.74, 6) is 1.46. The lowest BCUT2D eigenvalue weighted by atomic mass is 10.1. The molecule has 2 aromatic carbocycles. The number of para-hydroxylation sites is 2. The van der Waals surface area contributed by atoms with Gasteiger partial charge in [0, 0.05) is 16.5 Å². The van der Waals surface area contributed by atoms with Gasteiger partial charge >= 0.3 is 0 Å². The van der Waals surface area contributed by atoms with Gasteiger partial charge in [-0.3, -0.25) is 9.20 Å². The van der Waals surface area contributed by atoms with Crippen LogP contribution in [-0.2, 0) is 0 Å². The first-order valence-electron chi connectivity index (χ1n) is 8.59. The molecule has 0 N–H and O–H groups in total. The van der Waals surface area contributed by atoms with Crippen molar-refractivity contribution in [3.05, 3.63) is 59.6 Å². The van der Waals surface area contributed by atoms with Gasteiger partial charge in [0.15, 0.2) is 11.2 Å². The molecule has 0 saturated heterocycles. The summed E-state index contributed by atoms with van der Waals surface area (Å²) >= 11 is 1.49. The molecule has 0 aliphatic heterocycles. The van der Waals surface area contributed by atoms with Crippen molar-refractivity contribution in [2.24, 2.45) is 0 Å². The third kappa shape index (κ3) is 2.88. The Morgan fingerprint density at radius 3 is 2.48 bits per heavy atom. The lowest BCUT2D eigenvalue weighted by Gasteiger charge is -2.09. The zero-order valence-corrected chi connectivity index (χ0v) is 15.8. The highest BCUT2D eigenvalue weighted by molar-refractivity contribution is 7.15. The third-order valence-corrected chi connectivity index (χ3v) is 5.16. The number of aldehydes is 1. The summed E-state index contributed by atoms with van der Waals surface area (Å²) in [5, 5.41) is 1.99. The highest BCUT2D eigenvalue weighted by Gasteiger charge is 2.21. The Kier molecular flexibility index (Phi) is 4.64. The molecular formula is C21H18N2O3S. The number of hydrogen-bond donors (Lipinski definition) is 0. The summed E-state index contributed by atoms with van der Waals surface area (Å²) in [7, 11) is 1.64. The van der Waals surface area contributed by atoms with E-state index >= 15 is 0 Å². The Balaban J connectivity index is 1.97. The first kappa shape index (κ1) is 17.3. The number of fused-ring (bicyclic) bond motifs is 1. The second-order valence-corrected chi connectivity index (χ2v) is 6.67. The maximum atomic E-state index is 12.1. The molecule has 0 amide bonds. The number of thiazole rings is 1. The van der Waals surface area contributed by atoms with Crippen molar-refractivity contribution in [3.63, 3.8) is 0 Å². The molecular weight excluding hydrogens is 360 g/mol. The number of carbonyl (C=O) groups excluding carboxylic acids is 1. The van der Waals surface area contributed by atoms with Gasteiger partial charge in [-0.15, -0.1) is 11.3 Å². The Labute approximate surface area is 160 Å². The minimum Gasteiger partial charge on any atom is -0.496 e. The van der Waals surface area contributed by atoms with Crippen molar-refractivity contribution in [3.8, 4) is 34.0 Å². The summed E-state index contributed by atoms with van der Waals surface area (Å²) in [6.45, 7) is 2.48. The van der Waals surface area contributed by atoms with Gasteiger partial charge in [-0.05, 0) is 31.2 Å². The van der Waals surface area contributed by atoms with Crippen molar-refractivity contribution in [1.82, 2.24) is 9.38 Å². The normalized spacial score (nSPS) is 10.9. The van der Waals surface area contributed by atoms with E-state index in [0.29, 0.717) is 23.7 Å². The Morgan fingerprint density at radius 2 is 1.78 bits per heavy atom. The van der Waals surface area contributed by atoms with E-state index in [2.05, 4.69) is 0 Å². The van der Waals surface area contributed by atoms with Crippen molar-refractivity contribution in [1.29, 1.82) is 0 Å². The van der Waals surface area contributed by atoms with Crippen LogP contribution in [0.3, 0.4) is 0 Å². The van der Waals surface area contributed by atoms with Gasteiger partial charge in [-0.2, -0.15) is 0 Å². The quantitative estimate of drug-likeness (QED) is 0.446. The van der Waals surface area contributed by atoms with Crippen LogP contribution in [-0.4, -0.2) is 29.4 Å². The predicted octanol–water partition coefficient (Wildman–Crippen LogP) is 4.95. The van der Waals surface area contributed by atoms with E-state index in [1.54, 1.807) is 7.11 Å². The minimum absolute atomic E-state index is 0.499. The van der Waals surface area contributed by atoms with Crippen molar-refractivity contribution < 1.29 is 14.3 Å². The highest BCUT2D eigenvalue weighted by atomic mass is 32.1. The molecule has 0 aliphatic rings. The number of carbonyl (C=O) groups is 1. The first-order valence-corrected chi connectivity index (χ1v) is 9.47. The van der Waals surface area contributed by atoms with E-state index in [1.165, 1.54) is 11.3 Å². The second-order valence-electron chi connectivity index (χ2n) is 5.83. The average Bonchev–Trinajstić information content (AvgIpc) is 3.27. The molecule has 0 bridgehead atoms. The molecule has 4 rings (SSSR count). The molecule has 27 heavy (non-hydrogen) atoms. The van der Waals surface area contributed by atoms with Gasteiger partial charge in [0.2, 0.25) is 0 Å². The number of imidazole rings is 1. The number of methoxy groups -OCH3 is 1. The molecule has 5 nitrogen and oxygen atoms in total. The van der Waals surface area contributed by atoms with Crippen LogP contribution in [0.5, 0.6) is 11.5 Å². The molecule has 0 aliphatic carbocycles. The van der Waals surface area contributed by atoms with Gasteiger partial charge in [0.25, 0.3) is 0 Å². The minimum atomic E-state index is 0.499. The van der Waals surface area contributed by atoms with Crippen LogP contribution in [0, 0.1) is 0 Å². The molecule has 0 unspecified atom stereocenters. The van der Waals surface area contributed by atoms with E-state index < -0.39 is 0 Å². The molecule has 4 aromatic rings. The Morgan fingerprint density at radius 1 is 1.07 bits per heavy atom. The molecule has 6 heteroatoms. The van der Waals surface area contributed by atoms with Crippen LogP contribution in [0.1, 0.15) is 17.4 Å². The second kappa shape index (κ2) is 7.25. The lowest BCUT2D eigenvalue weighted by molar-refractivity contribution is 0.111. The molecule has 0 saturated carbocycles. The molecule has 2 aromatic heterocycles. The number of benzene rings is 2. The maximum Gasteiger partial charge on any atom is 0.195 e. The summed E-state index contributed by atoms with van der Waals surface area (Å²) in [6, 6.07) is 15.4. The Bertz CT molecular complexity index is 1110. The SMILES string of the molecule is CCOc1ccccc1-c1nc2scc(-c3ccccc3OC)n2c1C=O. The number of aromatic nitrogens is 2. The molecule has 0 radical (unpaired) electrons. The fraction of sp³-hybridized carbons (Fsp3) is 0.143. The summed E-state index contributed by atoms with van der Waals surface area (Å²) in [5.41, 5.74) is 3.72. The number of hydrogen-bond acceptors (Lipinski definition) is 5. The maximum absolute atomic E-state index is 12.1. The molecule has 0 spiro atoms. The molecule has 0 atom stereocenters. The van der Waals surface area contributed by atoms with Crippen molar-refractivity contribution in [2.45, 2.75) is 6.92 Å². The summed E-state index contributed by atoms with van der Waals surface area (Å²) in [6.07, 6.45) is 0.851. The van der Waals surface area contributed by atoms with E-state index in [9.17, 15) is 4.79 Å². The lowest BCUT2D eigenvalue weighted by Crippen LogP contribution is -1.98. The molecule has 136 valence electrons. The van der Waals surface area contributed by atoms with E-state index in [4.69, 9.17) is 14.5 Å². The van der Waals surface area contributed by atoms with Gasteiger partial charge in [0.1, 0.15) is 22.9 Å². The monoisotopic (exact) mass is 378 g/mol. The Hall–Kier alpha value is -3.12. The van der Waals surface area contributed by atoms with E-state index in [-0.39, 0.29) is 0 Å². The predicted molar refractivity (Wildman–Crippen MR) is 107 cm³/mol. The average molecular weight is 378 g/mol. The summed E-state index contributed by atoms with van der Waals surface area (Å²) < 4.78 is 13.1. The zero-order chi connectivity index (χ0) is 18.8. The van der Waals surface area contributed by atoms with Gasteiger partial charge in [-0.1, -0.05) is 24.3 Å². The fourth-order valence-corrected chi connectivity index (χ4v) is 4.07. The van der Waals surface area contributed by atoms with Crippen LogP contribution in [0.2, 0.25) is 0 Å². The van der Waals surface area contributed by atoms with Gasteiger partial charge < -0.3 is 9.47 Å². The van der Waals surface area contributed by atoms with Crippen LogP contribution in [0.15, 0.2) is 53.9 Å². The molecule has 2 heterocycles. The molecule has 0 fully saturated rings. The first-order chi connectivity index (χ1) is 13.3. The van der Waals surface area contributed by atoms with Crippen molar-refractivity contribution >= 4 is 22.6 Å². The third-order valence-electron chi connectivity index (χ3n) is 4.34. The number of nitrogens with zero attached hydrogens (tertiary/aromatic N) is 2. The van der Waals surface area contributed by atoms with Gasteiger partial charge in [-0.25, -0.2) is 4.98 Å². The van der Waals surface area contributed by atoms with Crippen LogP contribution >= 0.6 is 11.3 Å². The standard InChI is InChI=1S/C21H18N2O3S/c1-3-26-19-11-7-5-9-15(19)20-16(12-24)23-17(13-27-21(23)22-20)14-8-4-6-10-18(14)25-2/h4-13H,3H2,1-2H3. The van der Waals surface area contributed by atoms with Crippen LogP contribution < -0.4 is 9.47 Å². The van der Waals surface area contributed by atoms with E-state index in [0.717, 1.165) is 33.8 Å². The van der Waals surface area contributed by atoms with Gasteiger partial charge in [0.05, 0.1) is 19.4 Å². The smallest absolute Gasteiger partial charge is 0.195 e. The van der Waals surface area contributed by atoms with Crippen molar-refractivity contribution in [2.75, 3.05) is 13.7 Å². The van der Waals surface area contributed by atoms with Crippen LogP contribution in [0.25, 0.3) is 27.5 Å². The fourth-order valence-electron chi connectivity index (χ4n) is 3.18. The van der Waals surface area contributed by atoms with Crippen LogP contribution in [0.4, 0.5) is 0 Å². The number of ether oxygens (including phenoxy) is 2. The van der Waals surface area contributed by atoms with E-state index in [1.807, 2.05) is 65.2 Å². The number of rotatable bonds is 6. The zero-order valence-electron chi connectivity index (χ0n) is 15.0. The topological polar surface area (TPSA) is 52.8 Å². The summed E-state index contributed by atoms with van der Waals surface area (Å²) in [4.78, 5) is 17.5. The largest absolute Gasteiger partial charge is 0.496 e. The highest BCUT2D eigenvalue weighted by Crippen LogP contribution is 2.38.